The predicted molar refractivity (Wildman–Crippen MR) is 96.4 cm³/mol. The second-order valence-electron chi connectivity index (χ2n) is 7.73. The number of rotatable bonds is 2. The summed E-state index contributed by atoms with van der Waals surface area (Å²) < 4.78 is 0. The topological polar surface area (TPSA) is 0 Å². The van der Waals surface area contributed by atoms with Crippen molar-refractivity contribution in [2.75, 3.05) is 0 Å². The second kappa shape index (κ2) is 8.44. The number of fused-ring (bicyclic) bond motifs is 1. The van der Waals surface area contributed by atoms with E-state index in [-0.39, 0.29) is 5.41 Å². The standard InChI is InChI=1S/C20H26.2ClH.Zr/c1-14(2)15-9-10-16(13-15)20(5)12-11-19(3,4)17-7-6-8-18(17)20;;;/h6-10,13-14H,11-12H2,1-5H3;2*1H;/q;;;+4/p-2. The van der Waals surface area contributed by atoms with Gasteiger partial charge in [-0.25, -0.2) is 0 Å². The van der Waals surface area contributed by atoms with Gasteiger partial charge >= 0.3 is 37.9 Å². The summed E-state index contributed by atoms with van der Waals surface area (Å²) in [5, 5.41) is 0. The Hall–Kier alpha value is 1.46. The molecule has 3 aliphatic carbocycles. The third kappa shape index (κ3) is 4.42. The molecule has 23 heavy (non-hydrogen) atoms. The summed E-state index contributed by atoms with van der Waals surface area (Å²) in [6.07, 6.45) is 16.5. The normalized spacial score (nSPS) is 32.5. The Morgan fingerprint density at radius 1 is 0.957 bits per heavy atom. The van der Waals surface area contributed by atoms with Crippen LogP contribution in [0, 0.1) is 78.9 Å². The molecule has 0 aliphatic heterocycles. The van der Waals surface area contributed by atoms with E-state index in [9.17, 15) is 0 Å². The fourth-order valence-corrected chi connectivity index (χ4v) is 3.79. The molecular formula is C20H26Cl2Zr+2. The first-order valence-corrected chi connectivity index (χ1v) is 14.6. The summed E-state index contributed by atoms with van der Waals surface area (Å²) >= 11 is -0.826. The van der Waals surface area contributed by atoms with Crippen LogP contribution in [0.2, 0.25) is 0 Å². The number of hydrogen-bond donors (Lipinski definition) is 0. The minimum absolute atomic E-state index is 0.196. The molecule has 0 nitrogen and oxygen atoms in total. The van der Waals surface area contributed by atoms with Crippen LogP contribution < -0.4 is 0 Å². The van der Waals surface area contributed by atoms with E-state index in [1.54, 1.807) is 11.8 Å². The third-order valence-electron chi connectivity index (χ3n) is 5.47. The van der Waals surface area contributed by atoms with Gasteiger partial charge < -0.3 is 0 Å². The first kappa shape index (κ1) is 20.8. The molecule has 3 saturated carbocycles. The Morgan fingerprint density at radius 3 is 2.13 bits per heavy atom. The van der Waals surface area contributed by atoms with Gasteiger partial charge in [0.15, 0.2) is 0 Å². The quantitative estimate of drug-likeness (QED) is 0.478. The van der Waals surface area contributed by atoms with Crippen LogP contribution in [0.15, 0.2) is 0 Å². The molecule has 0 spiro atoms. The van der Waals surface area contributed by atoms with E-state index >= 15 is 0 Å². The second-order valence-corrected chi connectivity index (χ2v) is 11.5. The van der Waals surface area contributed by atoms with E-state index in [0.29, 0.717) is 11.3 Å². The van der Waals surface area contributed by atoms with Gasteiger partial charge in [0.1, 0.15) is 0 Å². The van der Waals surface area contributed by atoms with Gasteiger partial charge in [0.05, 0.1) is 0 Å². The predicted octanol–water partition coefficient (Wildman–Crippen LogP) is 6.40. The average Bonchev–Trinajstić information content (AvgIpc) is 3.14. The molecule has 0 amide bonds. The van der Waals surface area contributed by atoms with Crippen LogP contribution in [0.1, 0.15) is 47.5 Å². The van der Waals surface area contributed by atoms with E-state index < -0.39 is 20.8 Å². The van der Waals surface area contributed by atoms with Crippen LogP contribution in [0.5, 0.6) is 0 Å². The van der Waals surface area contributed by atoms with Crippen molar-refractivity contribution in [2.24, 2.45) is 16.7 Å². The summed E-state index contributed by atoms with van der Waals surface area (Å²) in [7, 11) is 9.87. The van der Waals surface area contributed by atoms with Crippen molar-refractivity contribution in [3.05, 3.63) is 62.2 Å². The zero-order chi connectivity index (χ0) is 17.3. The van der Waals surface area contributed by atoms with Gasteiger partial charge in [-0.05, 0) is 91.8 Å². The summed E-state index contributed by atoms with van der Waals surface area (Å²) in [4.78, 5) is 0. The molecule has 0 N–H and O–H groups in total. The van der Waals surface area contributed by atoms with Gasteiger partial charge in [0.2, 0.25) is 0 Å². The molecule has 3 rings (SSSR count). The van der Waals surface area contributed by atoms with Gasteiger partial charge in [-0.15, -0.1) is 0 Å². The maximum atomic E-state index is 4.93. The van der Waals surface area contributed by atoms with Crippen LogP contribution >= 0.6 is 17.0 Å². The first-order chi connectivity index (χ1) is 10.8. The van der Waals surface area contributed by atoms with Gasteiger partial charge in [-0.1, -0.05) is 34.6 Å². The monoisotopic (exact) mass is 426 g/mol. The molecule has 0 aromatic carbocycles. The fraction of sp³-hybridized carbons (Fsp3) is 0.500. The van der Waals surface area contributed by atoms with Crippen molar-refractivity contribution in [3.8, 4) is 0 Å². The van der Waals surface area contributed by atoms with Gasteiger partial charge in [0, 0.05) is 0 Å². The van der Waals surface area contributed by atoms with Crippen molar-refractivity contribution in [1.82, 2.24) is 0 Å². The van der Waals surface area contributed by atoms with Gasteiger partial charge in [0.25, 0.3) is 0 Å². The molecule has 0 bridgehead atoms. The Bertz CT molecular complexity index is 382. The van der Waals surface area contributed by atoms with Crippen molar-refractivity contribution >= 4 is 17.0 Å². The van der Waals surface area contributed by atoms with E-state index in [1.807, 2.05) is 0 Å². The van der Waals surface area contributed by atoms with E-state index in [2.05, 4.69) is 73.1 Å². The molecule has 0 saturated heterocycles. The minimum atomic E-state index is -0.826. The zero-order valence-electron chi connectivity index (χ0n) is 14.7. The van der Waals surface area contributed by atoms with Gasteiger partial charge in [-0.2, -0.15) is 0 Å². The van der Waals surface area contributed by atoms with E-state index in [4.69, 9.17) is 17.0 Å². The molecule has 3 heteroatoms. The molecular weight excluding hydrogens is 402 g/mol. The fourth-order valence-electron chi connectivity index (χ4n) is 3.79. The zero-order valence-corrected chi connectivity index (χ0v) is 18.7. The number of halogens is 2. The Morgan fingerprint density at radius 2 is 1.57 bits per heavy atom. The molecule has 3 aliphatic rings. The molecule has 122 valence electrons. The summed E-state index contributed by atoms with van der Waals surface area (Å²) in [6, 6.07) is 0. The van der Waals surface area contributed by atoms with Gasteiger partial charge in [-0.3, -0.25) is 0 Å². The van der Waals surface area contributed by atoms with E-state index in [0.717, 1.165) is 0 Å². The van der Waals surface area contributed by atoms with Crippen molar-refractivity contribution < 1.29 is 20.8 Å². The number of hydrogen-bond acceptors (Lipinski definition) is 0. The van der Waals surface area contributed by atoms with Crippen LogP contribution in [-0.2, 0) is 20.8 Å². The van der Waals surface area contributed by atoms with E-state index in [1.165, 1.54) is 24.7 Å². The summed E-state index contributed by atoms with van der Waals surface area (Å²) in [6.45, 7) is 11.8. The van der Waals surface area contributed by atoms with Crippen LogP contribution in [0.4, 0.5) is 0 Å². The molecule has 0 aromatic rings. The average molecular weight is 429 g/mol. The molecule has 0 heterocycles. The SMILES string of the molecule is CC(C)[C]1[CH][CH][C](C2(C)CCC(C)(C)[C]3[CH][CH][CH][C]32)[CH]1.[Cl][Zr+2][Cl]. The Kier molecular flexibility index (Phi) is 7.62. The third-order valence-corrected chi connectivity index (χ3v) is 5.47. The molecule has 1 unspecified atom stereocenters. The molecule has 3 fully saturated rings. The van der Waals surface area contributed by atoms with Crippen LogP contribution in [0.3, 0.4) is 0 Å². The maximum absolute atomic E-state index is 4.93. The van der Waals surface area contributed by atoms with Crippen molar-refractivity contribution in [3.63, 3.8) is 0 Å². The molecule has 0 aromatic heterocycles. The Balaban J connectivity index is 0.000000595. The van der Waals surface area contributed by atoms with Crippen molar-refractivity contribution in [1.29, 1.82) is 0 Å². The van der Waals surface area contributed by atoms with Crippen LogP contribution in [0.25, 0.3) is 0 Å². The Labute approximate surface area is 163 Å². The van der Waals surface area contributed by atoms with Crippen molar-refractivity contribution in [2.45, 2.75) is 47.5 Å². The molecule has 10 radical (unpaired) electrons. The summed E-state index contributed by atoms with van der Waals surface area (Å²) in [5.41, 5.74) is 0.521. The summed E-state index contributed by atoms with van der Waals surface area (Å²) in [5.74, 6) is 6.70. The molecule has 1 atom stereocenters. The van der Waals surface area contributed by atoms with Crippen LogP contribution in [-0.4, -0.2) is 0 Å². The first-order valence-electron chi connectivity index (χ1n) is 8.26.